The summed E-state index contributed by atoms with van der Waals surface area (Å²) < 4.78 is 0. The van der Waals surface area contributed by atoms with Crippen LogP contribution in [0.2, 0.25) is 5.02 Å². The number of aromatic nitrogens is 1. The first-order valence-corrected chi connectivity index (χ1v) is 8.66. The molecule has 0 unspecified atom stereocenters. The highest BCUT2D eigenvalue weighted by molar-refractivity contribution is 7.20. The Morgan fingerprint density at radius 3 is 2.79 bits per heavy atom. The zero-order valence-electron chi connectivity index (χ0n) is 12.8. The van der Waals surface area contributed by atoms with E-state index in [0.29, 0.717) is 15.6 Å². The quantitative estimate of drug-likeness (QED) is 0.505. The molecule has 4 rings (SSSR count). The highest BCUT2D eigenvalue weighted by Crippen LogP contribution is 2.28. The van der Waals surface area contributed by atoms with Crippen LogP contribution in [-0.4, -0.2) is 10.9 Å². The fourth-order valence-corrected chi connectivity index (χ4v) is 3.71. The average molecular weight is 353 g/mol. The fourth-order valence-electron chi connectivity index (χ4n) is 2.61. The number of rotatable bonds is 2. The van der Waals surface area contributed by atoms with Crippen LogP contribution in [0.3, 0.4) is 0 Å². The summed E-state index contributed by atoms with van der Waals surface area (Å²) in [7, 11) is 0. The number of anilines is 1. The molecule has 1 N–H and O–H groups in total. The first-order chi connectivity index (χ1) is 11.6. The highest BCUT2D eigenvalue weighted by Gasteiger charge is 2.12. The molecule has 0 aliphatic carbocycles. The second kappa shape index (κ2) is 5.89. The molecule has 0 fully saturated rings. The maximum absolute atomic E-state index is 12.5. The van der Waals surface area contributed by atoms with Crippen molar-refractivity contribution in [2.24, 2.45) is 0 Å². The molecule has 0 bridgehead atoms. The van der Waals surface area contributed by atoms with E-state index >= 15 is 0 Å². The third kappa shape index (κ3) is 2.86. The van der Waals surface area contributed by atoms with Gasteiger partial charge in [-0.3, -0.25) is 4.79 Å². The molecule has 24 heavy (non-hydrogen) atoms. The largest absolute Gasteiger partial charge is 0.321 e. The lowest BCUT2D eigenvalue weighted by molar-refractivity contribution is 0.103. The summed E-state index contributed by atoms with van der Waals surface area (Å²) >= 11 is 7.35. The average Bonchev–Trinajstić information content (AvgIpc) is 2.95. The van der Waals surface area contributed by atoms with Crippen LogP contribution in [0.15, 0.2) is 54.6 Å². The van der Waals surface area contributed by atoms with Gasteiger partial charge in [0.1, 0.15) is 4.83 Å². The van der Waals surface area contributed by atoms with Gasteiger partial charge in [-0.1, -0.05) is 29.8 Å². The van der Waals surface area contributed by atoms with E-state index in [2.05, 4.69) is 34.6 Å². The molecule has 0 radical (unpaired) electrons. The van der Waals surface area contributed by atoms with Crippen LogP contribution in [-0.2, 0) is 0 Å². The van der Waals surface area contributed by atoms with Crippen molar-refractivity contribution in [3.05, 3.63) is 70.1 Å². The van der Waals surface area contributed by atoms with Gasteiger partial charge < -0.3 is 5.32 Å². The monoisotopic (exact) mass is 352 g/mol. The molecule has 0 saturated carbocycles. The predicted molar refractivity (Wildman–Crippen MR) is 101 cm³/mol. The van der Waals surface area contributed by atoms with Crippen molar-refractivity contribution in [3.63, 3.8) is 0 Å². The van der Waals surface area contributed by atoms with Crippen molar-refractivity contribution < 1.29 is 4.79 Å². The third-order valence-electron chi connectivity index (χ3n) is 3.77. The van der Waals surface area contributed by atoms with Gasteiger partial charge >= 0.3 is 0 Å². The second-order valence-electron chi connectivity index (χ2n) is 5.65. The van der Waals surface area contributed by atoms with E-state index in [4.69, 9.17) is 11.6 Å². The molecular formula is C19H13ClN2OS. The summed E-state index contributed by atoms with van der Waals surface area (Å²) in [4.78, 5) is 18.6. The molecular weight excluding hydrogens is 340 g/mol. The number of thiophene rings is 1. The summed E-state index contributed by atoms with van der Waals surface area (Å²) in [6, 6.07) is 17.2. The number of aryl methyl sites for hydroxylation is 1. The highest BCUT2D eigenvalue weighted by atomic mass is 35.5. The minimum atomic E-state index is -0.152. The smallest absolute Gasteiger partial charge is 0.265 e. The van der Waals surface area contributed by atoms with Crippen LogP contribution in [0.5, 0.6) is 0 Å². The van der Waals surface area contributed by atoms with Gasteiger partial charge in [-0.2, -0.15) is 0 Å². The number of amides is 1. The zero-order valence-corrected chi connectivity index (χ0v) is 14.4. The van der Waals surface area contributed by atoms with E-state index in [1.54, 1.807) is 18.2 Å². The number of hydrogen-bond donors (Lipinski definition) is 1. The minimum absolute atomic E-state index is 0.152. The molecule has 0 saturated heterocycles. The van der Waals surface area contributed by atoms with Gasteiger partial charge in [-0.05, 0) is 48.9 Å². The van der Waals surface area contributed by atoms with Crippen LogP contribution >= 0.6 is 22.9 Å². The van der Waals surface area contributed by atoms with Crippen LogP contribution in [0.1, 0.15) is 15.2 Å². The lowest BCUT2D eigenvalue weighted by Crippen LogP contribution is -2.09. The SMILES string of the molecule is Cc1ccc2cc3cc(C(=O)Nc4cccc(Cl)c4)sc3nc2c1. The zero-order chi connectivity index (χ0) is 16.7. The molecule has 2 heterocycles. The second-order valence-corrected chi connectivity index (χ2v) is 7.12. The molecule has 1 amide bonds. The fraction of sp³-hybridized carbons (Fsp3) is 0.0526. The molecule has 4 aromatic rings. The maximum atomic E-state index is 12.5. The van der Waals surface area contributed by atoms with E-state index in [1.807, 2.05) is 19.1 Å². The first-order valence-electron chi connectivity index (χ1n) is 7.46. The Bertz CT molecular complexity index is 1090. The molecule has 0 atom stereocenters. The van der Waals surface area contributed by atoms with Crippen molar-refractivity contribution in [1.82, 2.24) is 4.98 Å². The summed E-state index contributed by atoms with van der Waals surface area (Å²) in [5, 5.41) is 5.52. The van der Waals surface area contributed by atoms with Crippen LogP contribution < -0.4 is 5.32 Å². The molecule has 0 aliphatic rings. The summed E-state index contributed by atoms with van der Waals surface area (Å²) in [5.74, 6) is -0.152. The number of nitrogens with zero attached hydrogens (tertiary/aromatic N) is 1. The summed E-state index contributed by atoms with van der Waals surface area (Å²) in [5.41, 5.74) is 2.80. The van der Waals surface area contributed by atoms with Gasteiger partial charge in [0.2, 0.25) is 0 Å². The van der Waals surface area contributed by atoms with Gasteiger partial charge in [0.25, 0.3) is 5.91 Å². The van der Waals surface area contributed by atoms with Crippen molar-refractivity contribution in [1.29, 1.82) is 0 Å². The predicted octanol–water partition coefficient (Wildman–Crippen LogP) is 5.66. The molecule has 2 aromatic carbocycles. The Morgan fingerprint density at radius 2 is 1.96 bits per heavy atom. The topological polar surface area (TPSA) is 42.0 Å². The van der Waals surface area contributed by atoms with Gasteiger partial charge in [0.05, 0.1) is 10.4 Å². The number of carbonyl (C=O) groups excluding carboxylic acids is 1. The van der Waals surface area contributed by atoms with Crippen LogP contribution in [0, 0.1) is 6.92 Å². The number of benzene rings is 2. The van der Waals surface area contributed by atoms with Gasteiger partial charge in [0.15, 0.2) is 0 Å². The van der Waals surface area contributed by atoms with Crippen molar-refractivity contribution in [2.45, 2.75) is 6.92 Å². The number of carbonyl (C=O) groups is 1. The van der Waals surface area contributed by atoms with Gasteiger partial charge in [0, 0.05) is 21.5 Å². The van der Waals surface area contributed by atoms with Crippen LogP contribution in [0.25, 0.3) is 21.1 Å². The number of halogens is 1. The number of fused-ring (bicyclic) bond motifs is 2. The first kappa shape index (κ1) is 15.1. The van der Waals surface area contributed by atoms with E-state index in [-0.39, 0.29) is 5.91 Å². The third-order valence-corrected chi connectivity index (χ3v) is 5.04. The standard InChI is InChI=1S/C19H13ClN2OS/c1-11-5-6-12-8-13-9-17(24-19(13)22-16(12)7-11)18(23)21-15-4-2-3-14(20)10-15/h2-10H,1H3,(H,21,23). The molecule has 2 aromatic heterocycles. The van der Waals surface area contributed by atoms with E-state index in [1.165, 1.54) is 16.9 Å². The lowest BCUT2D eigenvalue weighted by atomic mass is 10.1. The summed E-state index contributed by atoms with van der Waals surface area (Å²) in [6.07, 6.45) is 0. The van der Waals surface area contributed by atoms with Crippen molar-refractivity contribution >= 4 is 55.7 Å². The van der Waals surface area contributed by atoms with Gasteiger partial charge in [-0.25, -0.2) is 4.98 Å². The maximum Gasteiger partial charge on any atom is 0.265 e. The van der Waals surface area contributed by atoms with E-state index < -0.39 is 0 Å². The van der Waals surface area contributed by atoms with Crippen molar-refractivity contribution in [2.75, 3.05) is 5.32 Å². The Labute approximate surface area is 147 Å². The molecule has 0 aliphatic heterocycles. The van der Waals surface area contributed by atoms with E-state index in [9.17, 15) is 4.79 Å². The van der Waals surface area contributed by atoms with Gasteiger partial charge in [-0.15, -0.1) is 11.3 Å². The van der Waals surface area contributed by atoms with Crippen molar-refractivity contribution in [3.8, 4) is 0 Å². The lowest BCUT2D eigenvalue weighted by Gasteiger charge is -2.03. The molecule has 118 valence electrons. The van der Waals surface area contributed by atoms with Crippen LogP contribution in [0.4, 0.5) is 5.69 Å². The molecule has 0 spiro atoms. The Kier molecular flexibility index (Phi) is 3.71. The Balaban J connectivity index is 1.71. The number of nitrogens with one attached hydrogen (secondary N) is 1. The Hall–Kier alpha value is -2.43. The van der Waals surface area contributed by atoms with E-state index in [0.717, 1.165) is 21.1 Å². The molecule has 3 nitrogen and oxygen atoms in total. The normalized spacial score (nSPS) is 11.1. The minimum Gasteiger partial charge on any atom is -0.321 e. The Morgan fingerprint density at radius 1 is 1.08 bits per heavy atom. The number of hydrogen-bond acceptors (Lipinski definition) is 3. The number of pyridine rings is 1. The summed E-state index contributed by atoms with van der Waals surface area (Å²) in [6.45, 7) is 2.05. The molecule has 5 heteroatoms.